The third-order valence-electron chi connectivity index (χ3n) is 6.22. The van der Waals surface area contributed by atoms with Crippen LogP contribution < -0.4 is 11.2 Å². The monoisotopic (exact) mass is 526 g/mol. The summed E-state index contributed by atoms with van der Waals surface area (Å²) >= 11 is 0. The van der Waals surface area contributed by atoms with Gasteiger partial charge in [0.15, 0.2) is 0 Å². The Labute approximate surface area is 221 Å². The second-order valence-electron chi connectivity index (χ2n) is 9.37. The summed E-state index contributed by atoms with van der Waals surface area (Å²) < 4.78 is 15.8. The van der Waals surface area contributed by atoms with Crippen molar-refractivity contribution in [1.29, 1.82) is 0 Å². The van der Waals surface area contributed by atoms with E-state index >= 15 is 0 Å². The maximum atomic E-state index is 13.9. The van der Waals surface area contributed by atoms with Crippen LogP contribution >= 0.6 is 0 Å². The van der Waals surface area contributed by atoms with Crippen LogP contribution in [-0.2, 0) is 16.1 Å². The normalized spacial score (nSPS) is 12.8. The highest BCUT2D eigenvalue weighted by Crippen LogP contribution is 2.42. The highest BCUT2D eigenvalue weighted by Gasteiger charge is 2.30. The minimum Gasteiger partial charge on any atom is -0.393 e. The molecule has 9 nitrogen and oxygen atoms in total. The maximum absolute atomic E-state index is 13.9. The number of halogens is 1. The lowest BCUT2D eigenvalue weighted by molar-refractivity contribution is -0.146. The fourth-order valence-electron chi connectivity index (χ4n) is 4.67. The fraction of sp³-hybridized carbons (Fsp3) is 0.393. The lowest BCUT2D eigenvalue weighted by Gasteiger charge is -2.20. The summed E-state index contributed by atoms with van der Waals surface area (Å²) in [6.07, 6.45) is -0.241. The Bertz CT molecular complexity index is 1230. The Morgan fingerprint density at radius 2 is 1.82 bits per heavy atom. The molecule has 0 aliphatic rings. The summed E-state index contributed by atoms with van der Waals surface area (Å²) in [6.45, 7) is 6.18. The third-order valence-corrected chi connectivity index (χ3v) is 6.22. The molecule has 2 heterocycles. The molecule has 2 aromatic heterocycles. The molecule has 2 atom stereocenters. The standard InChI is InChI=1S/C28H35FN4O5/c1-4-31-28(37)27-26(22-7-5-6-14-32-22)25(18-8-10-19(29)11-9-18)23(33(27)17(2)3)13-12-20(34)15-21(35)16-24(36)38-30/h5-11,14,17,20-21,34-35H,4,12-13,15-16,30H2,1-3H3,(H,31,37). The zero-order valence-electron chi connectivity index (χ0n) is 21.9. The third kappa shape index (κ3) is 6.83. The van der Waals surface area contributed by atoms with Crippen LogP contribution in [0.1, 0.15) is 62.3 Å². The van der Waals surface area contributed by atoms with Gasteiger partial charge in [0, 0.05) is 35.6 Å². The van der Waals surface area contributed by atoms with E-state index in [1.165, 1.54) is 12.1 Å². The quantitative estimate of drug-likeness (QED) is 0.265. The molecule has 0 fully saturated rings. The molecule has 0 saturated carbocycles. The van der Waals surface area contributed by atoms with Crippen LogP contribution in [-0.4, -0.2) is 50.4 Å². The molecule has 1 amide bonds. The number of aliphatic hydroxyl groups is 2. The number of nitrogens with zero attached hydrogens (tertiary/aromatic N) is 2. The minimum atomic E-state index is -1.12. The van der Waals surface area contributed by atoms with E-state index in [2.05, 4.69) is 15.1 Å². The SMILES string of the molecule is CCNC(=O)c1c(-c2ccccn2)c(-c2ccc(F)cc2)c(CCC(O)CC(O)CC(=O)ON)n1C(C)C. The molecule has 3 aromatic rings. The number of nitrogens with two attached hydrogens (primary N) is 1. The van der Waals surface area contributed by atoms with Crippen molar-refractivity contribution in [2.75, 3.05) is 6.54 Å². The Morgan fingerprint density at radius 1 is 1.11 bits per heavy atom. The van der Waals surface area contributed by atoms with Crippen LogP contribution in [0.4, 0.5) is 4.39 Å². The Hall–Kier alpha value is -3.60. The first-order valence-corrected chi connectivity index (χ1v) is 12.7. The second-order valence-corrected chi connectivity index (χ2v) is 9.37. The van der Waals surface area contributed by atoms with E-state index in [4.69, 9.17) is 5.90 Å². The molecular weight excluding hydrogens is 491 g/mol. The Balaban J connectivity index is 2.16. The number of rotatable bonds is 12. The van der Waals surface area contributed by atoms with Gasteiger partial charge in [-0.3, -0.25) is 14.6 Å². The zero-order valence-corrected chi connectivity index (χ0v) is 21.9. The molecule has 38 heavy (non-hydrogen) atoms. The molecule has 3 rings (SSSR count). The molecule has 204 valence electrons. The van der Waals surface area contributed by atoms with Gasteiger partial charge >= 0.3 is 5.97 Å². The molecule has 0 aliphatic heterocycles. The molecule has 0 saturated heterocycles. The van der Waals surface area contributed by atoms with Crippen molar-refractivity contribution in [3.63, 3.8) is 0 Å². The predicted octanol–water partition coefficient (Wildman–Crippen LogP) is 3.54. The minimum absolute atomic E-state index is 0.0559. The molecule has 0 aliphatic carbocycles. The molecular formula is C28H35FN4O5. The van der Waals surface area contributed by atoms with Crippen LogP contribution in [0.3, 0.4) is 0 Å². The van der Waals surface area contributed by atoms with Crippen LogP contribution in [0.15, 0.2) is 48.7 Å². The average molecular weight is 527 g/mol. The van der Waals surface area contributed by atoms with Gasteiger partial charge < -0.3 is 24.9 Å². The van der Waals surface area contributed by atoms with Crippen molar-refractivity contribution in [2.45, 2.75) is 64.7 Å². The number of carbonyl (C=O) groups excluding carboxylic acids is 2. The number of benzene rings is 1. The fourth-order valence-corrected chi connectivity index (χ4v) is 4.67. The van der Waals surface area contributed by atoms with Gasteiger partial charge in [0.2, 0.25) is 0 Å². The van der Waals surface area contributed by atoms with Crippen LogP contribution in [0.25, 0.3) is 22.4 Å². The molecule has 1 aromatic carbocycles. The number of carbonyl (C=O) groups is 2. The van der Waals surface area contributed by atoms with Crippen molar-refractivity contribution >= 4 is 11.9 Å². The first-order valence-electron chi connectivity index (χ1n) is 12.7. The van der Waals surface area contributed by atoms with Gasteiger partial charge in [-0.15, -0.1) is 0 Å². The zero-order chi connectivity index (χ0) is 27.8. The molecule has 5 N–H and O–H groups in total. The van der Waals surface area contributed by atoms with E-state index < -0.39 is 18.2 Å². The van der Waals surface area contributed by atoms with Gasteiger partial charge in [-0.25, -0.2) is 4.39 Å². The van der Waals surface area contributed by atoms with Gasteiger partial charge in [-0.1, -0.05) is 18.2 Å². The molecule has 2 unspecified atom stereocenters. The average Bonchev–Trinajstić information content (AvgIpc) is 3.24. The van der Waals surface area contributed by atoms with Crippen LogP contribution in [0, 0.1) is 5.82 Å². The highest BCUT2D eigenvalue weighted by molar-refractivity contribution is 6.04. The lowest BCUT2D eigenvalue weighted by Crippen LogP contribution is -2.27. The number of hydrogen-bond donors (Lipinski definition) is 4. The number of nitrogens with one attached hydrogen (secondary N) is 1. The van der Waals surface area contributed by atoms with Crippen molar-refractivity contribution in [1.82, 2.24) is 14.9 Å². The number of hydrogen-bond acceptors (Lipinski definition) is 7. The molecule has 0 radical (unpaired) electrons. The van der Waals surface area contributed by atoms with E-state index in [-0.39, 0.29) is 37.0 Å². The van der Waals surface area contributed by atoms with Crippen LogP contribution in [0.5, 0.6) is 0 Å². The van der Waals surface area contributed by atoms with E-state index in [1.807, 2.05) is 37.5 Å². The van der Waals surface area contributed by atoms with Crippen molar-refractivity contribution in [3.8, 4) is 22.4 Å². The second kappa shape index (κ2) is 13.3. The number of amides is 1. The summed E-state index contributed by atoms with van der Waals surface area (Å²) in [5.74, 6) is 3.40. The van der Waals surface area contributed by atoms with Gasteiger partial charge in [-0.05, 0) is 69.9 Å². The van der Waals surface area contributed by atoms with Crippen molar-refractivity contribution in [3.05, 3.63) is 65.9 Å². The van der Waals surface area contributed by atoms with Crippen molar-refractivity contribution in [2.24, 2.45) is 5.90 Å². The summed E-state index contributed by atoms with van der Waals surface area (Å²) in [5.41, 5.74) is 3.82. The van der Waals surface area contributed by atoms with E-state index in [0.29, 0.717) is 35.5 Å². The van der Waals surface area contributed by atoms with Crippen LogP contribution in [0.2, 0.25) is 0 Å². The van der Waals surface area contributed by atoms with Gasteiger partial charge in [0.05, 0.1) is 24.3 Å². The highest BCUT2D eigenvalue weighted by atomic mass is 19.1. The Morgan fingerprint density at radius 3 is 2.39 bits per heavy atom. The predicted molar refractivity (Wildman–Crippen MR) is 141 cm³/mol. The number of pyridine rings is 1. The van der Waals surface area contributed by atoms with E-state index in [9.17, 15) is 24.2 Å². The molecule has 10 heteroatoms. The maximum Gasteiger partial charge on any atom is 0.327 e. The summed E-state index contributed by atoms with van der Waals surface area (Å²) in [5, 5.41) is 23.7. The molecule has 0 bridgehead atoms. The van der Waals surface area contributed by atoms with E-state index in [1.54, 1.807) is 24.4 Å². The number of aliphatic hydroxyl groups excluding tert-OH is 2. The largest absolute Gasteiger partial charge is 0.393 e. The van der Waals surface area contributed by atoms with Gasteiger partial charge in [0.25, 0.3) is 5.91 Å². The van der Waals surface area contributed by atoms with E-state index in [0.717, 1.165) is 11.3 Å². The number of aromatic nitrogens is 2. The summed E-state index contributed by atoms with van der Waals surface area (Å²) in [4.78, 5) is 33.5. The molecule has 0 spiro atoms. The van der Waals surface area contributed by atoms with Gasteiger partial charge in [-0.2, -0.15) is 5.90 Å². The Kier molecular flexibility index (Phi) is 10.1. The smallest absolute Gasteiger partial charge is 0.327 e. The summed E-state index contributed by atoms with van der Waals surface area (Å²) in [7, 11) is 0. The van der Waals surface area contributed by atoms with Crippen molar-refractivity contribution < 1.29 is 29.0 Å². The summed E-state index contributed by atoms with van der Waals surface area (Å²) in [6, 6.07) is 11.3. The first kappa shape index (κ1) is 29.0. The lowest BCUT2D eigenvalue weighted by atomic mass is 9.94. The first-order chi connectivity index (χ1) is 18.2. The van der Waals surface area contributed by atoms with Gasteiger partial charge in [0.1, 0.15) is 11.5 Å². The topological polar surface area (TPSA) is 140 Å².